The molecule has 0 bridgehead atoms. The van der Waals surface area contributed by atoms with Crippen LogP contribution in [0.5, 0.6) is 0 Å². The molecular formula is C18H22N2OS. The van der Waals surface area contributed by atoms with E-state index in [2.05, 4.69) is 30.4 Å². The molecule has 0 unspecified atom stereocenters. The minimum Gasteiger partial charge on any atom is -0.328 e. The lowest BCUT2D eigenvalue weighted by Gasteiger charge is -2.05. The lowest BCUT2D eigenvalue weighted by atomic mass is 10.0. The minimum absolute atomic E-state index is 0.0700. The van der Waals surface area contributed by atoms with E-state index >= 15 is 0 Å². The number of benzene rings is 1. The third-order valence-electron chi connectivity index (χ3n) is 3.63. The van der Waals surface area contributed by atoms with Crippen molar-refractivity contribution in [3.63, 3.8) is 0 Å². The summed E-state index contributed by atoms with van der Waals surface area (Å²) in [7, 11) is 1.69. The molecule has 1 heterocycles. The van der Waals surface area contributed by atoms with Crippen LogP contribution in [0.15, 0.2) is 47.7 Å². The molecule has 116 valence electrons. The van der Waals surface area contributed by atoms with Crippen LogP contribution in [0, 0.1) is 0 Å². The van der Waals surface area contributed by atoms with Gasteiger partial charge >= 0.3 is 0 Å². The van der Waals surface area contributed by atoms with Gasteiger partial charge in [-0.2, -0.15) is 0 Å². The summed E-state index contributed by atoms with van der Waals surface area (Å²) < 4.78 is 0. The average Bonchev–Trinajstić information content (AvgIpc) is 2.76. The largest absolute Gasteiger partial charge is 0.328 e. The van der Waals surface area contributed by atoms with E-state index in [4.69, 9.17) is 12.2 Å². The number of amides is 1. The van der Waals surface area contributed by atoms with Gasteiger partial charge in [0.25, 0.3) is 5.91 Å². The highest BCUT2D eigenvalue weighted by atomic mass is 32.1. The Balaban J connectivity index is 2.23. The molecule has 0 aliphatic carbocycles. The quantitative estimate of drug-likeness (QED) is 0.491. The van der Waals surface area contributed by atoms with Gasteiger partial charge in [-0.15, -0.1) is 0 Å². The fraction of sp³-hybridized carbons (Fsp3) is 0.333. The summed E-state index contributed by atoms with van der Waals surface area (Å²) in [5, 5.41) is 3.45. The molecule has 0 atom stereocenters. The van der Waals surface area contributed by atoms with Crippen molar-refractivity contribution in [2.45, 2.75) is 32.6 Å². The molecule has 0 saturated carbocycles. The fourth-order valence-corrected chi connectivity index (χ4v) is 2.53. The number of carbonyl (C=O) groups excluding carboxylic acids is 1. The predicted molar refractivity (Wildman–Crippen MR) is 95.1 cm³/mol. The van der Waals surface area contributed by atoms with E-state index in [1.807, 2.05) is 24.3 Å². The molecule has 0 aromatic heterocycles. The number of hydrogen-bond donors (Lipinski definition) is 1. The first kappa shape index (κ1) is 16.4. The third-order valence-corrected chi connectivity index (χ3v) is 4.01. The standard InChI is InChI=1S/C18H22N2OS/c1-3-4-6-11-15(12-14-9-7-5-8-10-14)13-16-17(21)20(2)18(22)19-16/h5,7-10,12-13H,3-4,6,11H2,1-2H3,(H,19,22)/b15-12-,16-13+. The molecule has 1 saturated heterocycles. The Labute approximate surface area is 137 Å². The van der Waals surface area contributed by atoms with Crippen molar-refractivity contribution >= 4 is 29.3 Å². The van der Waals surface area contributed by atoms with Crippen LogP contribution in [-0.4, -0.2) is 23.0 Å². The van der Waals surface area contributed by atoms with Gasteiger partial charge in [0, 0.05) is 7.05 Å². The molecule has 1 aromatic rings. The molecule has 1 fully saturated rings. The summed E-state index contributed by atoms with van der Waals surface area (Å²) in [6, 6.07) is 10.2. The second kappa shape index (κ2) is 7.90. The van der Waals surface area contributed by atoms with Crippen molar-refractivity contribution in [1.82, 2.24) is 10.2 Å². The average molecular weight is 314 g/mol. The minimum atomic E-state index is -0.0700. The summed E-state index contributed by atoms with van der Waals surface area (Å²) in [6.45, 7) is 2.19. The zero-order valence-corrected chi connectivity index (χ0v) is 14.0. The zero-order chi connectivity index (χ0) is 15.9. The first-order valence-corrected chi connectivity index (χ1v) is 8.09. The van der Waals surface area contributed by atoms with Crippen molar-refractivity contribution in [3.8, 4) is 0 Å². The van der Waals surface area contributed by atoms with Gasteiger partial charge < -0.3 is 5.32 Å². The van der Waals surface area contributed by atoms with Gasteiger partial charge in [-0.05, 0) is 42.3 Å². The maximum atomic E-state index is 12.1. The van der Waals surface area contributed by atoms with Crippen LogP contribution in [0.3, 0.4) is 0 Å². The molecule has 1 aromatic carbocycles. The Morgan fingerprint density at radius 1 is 1.27 bits per heavy atom. The number of allylic oxidation sites excluding steroid dienone is 2. The van der Waals surface area contributed by atoms with Crippen LogP contribution >= 0.6 is 12.2 Å². The van der Waals surface area contributed by atoms with Crippen molar-refractivity contribution in [3.05, 3.63) is 53.2 Å². The van der Waals surface area contributed by atoms with Crippen molar-refractivity contribution in [2.75, 3.05) is 7.05 Å². The second-order valence-electron chi connectivity index (χ2n) is 5.44. The normalized spacial score (nSPS) is 17.3. The van der Waals surface area contributed by atoms with Crippen LogP contribution in [-0.2, 0) is 4.79 Å². The van der Waals surface area contributed by atoms with Gasteiger partial charge in [-0.3, -0.25) is 9.69 Å². The lowest BCUT2D eigenvalue weighted by molar-refractivity contribution is -0.121. The van der Waals surface area contributed by atoms with Crippen LogP contribution in [0.2, 0.25) is 0 Å². The number of rotatable bonds is 6. The lowest BCUT2D eigenvalue weighted by Crippen LogP contribution is -2.25. The van der Waals surface area contributed by atoms with Gasteiger partial charge in [0.1, 0.15) is 5.70 Å². The predicted octanol–water partition coefficient (Wildman–Crippen LogP) is 3.88. The topological polar surface area (TPSA) is 32.3 Å². The second-order valence-corrected chi connectivity index (χ2v) is 5.83. The molecule has 1 amide bonds. The van der Waals surface area contributed by atoms with Crippen LogP contribution in [0.25, 0.3) is 6.08 Å². The summed E-state index contributed by atoms with van der Waals surface area (Å²) >= 11 is 5.12. The van der Waals surface area contributed by atoms with E-state index < -0.39 is 0 Å². The van der Waals surface area contributed by atoms with Gasteiger partial charge in [0.15, 0.2) is 5.11 Å². The van der Waals surface area contributed by atoms with E-state index in [0.29, 0.717) is 10.8 Å². The number of thiocarbonyl (C=S) groups is 1. The monoisotopic (exact) mass is 314 g/mol. The summed E-state index contributed by atoms with van der Waals surface area (Å²) in [5.74, 6) is -0.0700. The molecule has 2 rings (SSSR count). The molecule has 4 heteroatoms. The molecule has 1 aliphatic heterocycles. The number of nitrogens with one attached hydrogen (secondary N) is 1. The van der Waals surface area contributed by atoms with Crippen LogP contribution in [0.1, 0.15) is 38.2 Å². The SMILES string of the molecule is CCCCCC(=C/c1ccccc1)/C=C1/NC(=S)N(C)C1=O. The maximum absolute atomic E-state index is 12.1. The van der Waals surface area contributed by atoms with Crippen molar-refractivity contribution < 1.29 is 4.79 Å². The summed E-state index contributed by atoms with van der Waals surface area (Å²) in [5.41, 5.74) is 2.85. The number of carbonyl (C=O) groups is 1. The molecule has 1 aliphatic rings. The Morgan fingerprint density at radius 2 is 2.00 bits per heavy atom. The zero-order valence-electron chi connectivity index (χ0n) is 13.1. The van der Waals surface area contributed by atoms with Gasteiger partial charge in [0.05, 0.1) is 0 Å². The highest BCUT2D eigenvalue weighted by Gasteiger charge is 2.26. The first-order valence-electron chi connectivity index (χ1n) is 7.68. The van der Waals surface area contributed by atoms with Gasteiger partial charge in [0.2, 0.25) is 0 Å². The molecule has 22 heavy (non-hydrogen) atoms. The van der Waals surface area contributed by atoms with Crippen molar-refractivity contribution in [2.24, 2.45) is 0 Å². The Kier molecular flexibility index (Phi) is 5.90. The van der Waals surface area contributed by atoms with Crippen LogP contribution < -0.4 is 5.32 Å². The molecular weight excluding hydrogens is 292 g/mol. The van der Waals surface area contributed by atoms with E-state index in [-0.39, 0.29) is 5.91 Å². The molecule has 0 radical (unpaired) electrons. The van der Waals surface area contributed by atoms with Crippen molar-refractivity contribution in [1.29, 1.82) is 0 Å². The van der Waals surface area contributed by atoms with E-state index in [1.54, 1.807) is 7.05 Å². The molecule has 0 spiro atoms. The van der Waals surface area contributed by atoms with E-state index in [0.717, 1.165) is 24.0 Å². The first-order chi connectivity index (χ1) is 10.6. The highest BCUT2D eigenvalue weighted by Crippen LogP contribution is 2.18. The Morgan fingerprint density at radius 3 is 2.59 bits per heavy atom. The van der Waals surface area contributed by atoms with Gasteiger partial charge in [-0.1, -0.05) is 56.2 Å². The third kappa shape index (κ3) is 4.28. The summed E-state index contributed by atoms with van der Waals surface area (Å²) in [4.78, 5) is 13.6. The van der Waals surface area contributed by atoms with Gasteiger partial charge in [-0.25, -0.2) is 0 Å². The molecule has 3 nitrogen and oxygen atoms in total. The highest BCUT2D eigenvalue weighted by molar-refractivity contribution is 7.80. The maximum Gasteiger partial charge on any atom is 0.276 e. The number of nitrogens with zero attached hydrogens (tertiary/aromatic N) is 1. The fourth-order valence-electron chi connectivity index (χ4n) is 2.34. The number of hydrogen-bond acceptors (Lipinski definition) is 2. The number of likely N-dealkylation sites (N-methyl/N-ethyl adjacent to an activating group) is 1. The Bertz CT molecular complexity index is 605. The Hall–Kier alpha value is -1.94. The number of unbranched alkanes of at least 4 members (excludes halogenated alkanes) is 2. The van der Waals surface area contributed by atoms with E-state index in [9.17, 15) is 4.79 Å². The molecule has 1 N–H and O–H groups in total. The van der Waals surface area contributed by atoms with Crippen LogP contribution in [0.4, 0.5) is 0 Å². The summed E-state index contributed by atoms with van der Waals surface area (Å²) in [6.07, 6.45) is 8.51. The smallest absolute Gasteiger partial charge is 0.276 e. The van der Waals surface area contributed by atoms with E-state index in [1.165, 1.54) is 17.7 Å².